The predicted octanol–water partition coefficient (Wildman–Crippen LogP) is 2.57. The number of carbonyl (C=O) groups excluding carboxylic acids is 1. The van der Waals surface area contributed by atoms with Gasteiger partial charge in [-0.15, -0.1) is 0 Å². The molecule has 0 aliphatic rings. The minimum absolute atomic E-state index is 0.0626. The average molecular weight is 459 g/mol. The molecule has 9 nitrogen and oxygen atoms in total. The lowest BCUT2D eigenvalue weighted by Crippen LogP contribution is -2.28. The summed E-state index contributed by atoms with van der Waals surface area (Å²) in [6, 6.07) is 13.6. The summed E-state index contributed by atoms with van der Waals surface area (Å²) in [5.41, 5.74) is 1.08. The van der Waals surface area contributed by atoms with Crippen molar-refractivity contribution in [1.29, 1.82) is 0 Å². The Labute approximate surface area is 187 Å². The highest BCUT2D eigenvalue weighted by molar-refractivity contribution is 7.89. The van der Waals surface area contributed by atoms with Crippen LogP contribution >= 0.6 is 0 Å². The Morgan fingerprint density at radius 1 is 1.19 bits per heavy atom. The molecule has 0 saturated heterocycles. The number of nitrogens with one attached hydrogen (secondary N) is 1. The lowest BCUT2D eigenvalue weighted by atomic mass is 10.2. The third kappa shape index (κ3) is 5.71. The summed E-state index contributed by atoms with van der Waals surface area (Å²) in [6.45, 7) is 2.31. The third-order valence-electron chi connectivity index (χ3n) is 4.78. The van der Waals surface area contributed by atoms with Gasteiger partial charge in [-0.2, -0.15) is 9.29 Å². The molecule has 1 N–H and O–H groups in total. The first-order chi connectivity index (χ1) is 15.3. The SMILES string of the molecule is COc1ccc(C(=O)NCCCc2nc(C)no2)cc1S(=O)(=O)N(C)Cc1ccccc1. The molecule has 170 valence electrons. The minimum atomic E-state index is -3.89. The topological polar surface area (TPSA) is 115 Å². The number of hydrogen-bond acceptors (Lipinski definition) is 7. The molecule has 0 unspecified atom stereocenters. The van der Waals surface area contributed by atoms with Gasteiger partial charge in [0, 0.05) is 32.1 Å². The van der Waals surface area contributed by atoms with Crippen LogP contribution in [-0.4, -0.2) is 49.5 Å². The highest BCUT2D eigenvalue weighted by atomic mass is 32.2. The first-order valence-corrected chi connectivity index (χ1v) is 11.5. The number of nitrogens with zero attached hydrogens (tertiary/aromatic N) is 3. The van der Waals surface area contributed by atoms with E-state index in [2.05, 4.69) is 15.5 Å². The molecule has 0 bridgehead atoms. The van der Waals surface area contributed by atoms with E-state index in [0.29, 0.717) is 31.1 Å². The molecular weight excluding hydrogens is 432 g/mol. The molecule has 1 aromatic heterocycles. The standard InChI is InChI=1S/C22H26N4O5S/c1-16-24-21(31-25-16)10-7-13-23-22(27)18-11-12-19(30-3)20(14-18)32(28,29)26(2)15-17-8-5-4-6-9-17/h4-6,8-9,11-12,14H,7,10,13,15H2,1-3H3,(H,23,27). The van der Waals surface area contributed by atoms with Gasteiger partial charge < -0.3 is 14.6 Å². The van der Waals surface area contributed by atoms with E-state index in [1.165, 1.54) is 36.7 Å². The maximum atomic E-state index is 13.2. The summed E-state index contributed by atoms with van der Waals surface area (Å²) in [5, 5.41) is 6.50. The lowest BCUT2D eigenvalue weighted by Gasteiger charge is -2.19. The van der Waals surface area contributed by atoms with E-state index in [1.807, 2.05) is 30.3 Å². The molecule has 1 heterocycles. The first-order valence-electron chi connectivity index (χ1n) is 10.1. The molecule has 0 aliphatic heterocycles. The van der Waals surface area contributed by atoms with Crippen LogP contribution in [0, 0.1) is 6.92 Å². The van der Waals surface area contributed by atoms with Crippen molar-refractivity contribution in [1.82, 2.24) is 19.8 Å². The number of aryl methyl sites for hydroxylation is 2. The van der Waals surface area contributed by atoms with Crippen LogP contribution in [0.15, 0.2) is 57.9 Å². The lowest BCUT2D eigenvalue weighted by molar-refractivity contribution is 0.0952. The molecule has 0 saturated carbocycles. The number of sulfonamides is 1. The molecule has 0 aliphatic carbocycles. The normalized spacial score (nSPS) is 11.5. The molecule has 3 aromatic rings. The first kappa shape index (κ1) is 23.4. The zero-order chi connectivity index (χ0) is 23.1. The van der Waals surface area contributed by atoms with E-state index in [0.717, 1.165) is 5.56 Å². The molecule has 3 rings (SSSR count). The van der Waals surface area contributed by atoms with Gasteiger partial charge in [-0.3, -0.25) is 4.79 Å². The number of hydrogen-bond donors (Lipinski definition) is 1. The average Bonchev–Trinajstić information content (AvgIpc) is 3.21. The zero-order valence-corrected chi connectivity index (χ0v) is 19.1. The van der Waals surface area contributed by atoms with E-state index in [9.17, 15) is 13.2 Å². The van der Waals surface area contributed by atoms with E-state index in [-0.39, 0.29) is 28.7 Å². The van der Waals surface area contributed by atoms with Crippen LogP contribution in [0.1, 0.15) is 34.1 Å². The Morgan fingerprint density at radius 3 is 2.59 bits per heavy atom. The molecule has 32 heavy (non-hydrogen) atoms. The van der Waals surface area contributed by atoms with Crippen molar-refractivity contribution < 1.29 is 22.5 Å². The van der Waals surface area contributed by atoms with Gasteiger partial charge in [0.15, 0.2) is 5.82 Å². The largest absolute Gasteiger partial charge is 0.495 e. The number of methoxy groups -OCH3 is 1. The second-order valence-corrected chi connectivity index (χ2v) is 9.22. The monoisotopic (exact) mass is 458 g/mol. The van der Waals surface area contributed by atoms with Gasteiger partial charge in [0.05, 0.1) is 7.11 Å². The summed E-state index contributed by atoms with van der Waals surface area (Å²) in [6.07, 6.45) is 1.14. The smallest absolute Gasteiger partial charge is 0.251 e. The summed E-state index contributed by atoms with van der Waals surface area (Å²) in [7, 11) is -1.01. The van der Waals surface area contributed by atoms with E-state index in [4.69, 9.17) is 9.26 Å². The Morgan fingerprint density at radius 2 is 1.94 bits per heavy atom. The Hall–Kier alpha value is -3.24. The molecule has 0 fully saturated rings. The third-order valence-corrected chi connectivity index (χ3v) is 6.61. The number of aromatic nitrogens is 2. The summed E-state index contributed by atoms with van der Waals surface area (Å²) >= 11 is 0. The maximum absolute atomic E-state index is 13.2. The van der Waals surface area contributed by atoms with Crippen LogP contribution in [0.3, 0.4) is 0 Å². The van der Waals surface area contributed by atoms with Crippen molar-refractivity contribution in [3.05, 3.63) is 71.4 Å². The van der Waals surface area contributed by atoms with Crippen LogP contribution in [0.4, 0.5) is 0 Å². The second kappa shape index (κ2) is 10.4. The van der Waals surface area contributed by atoms with Crippen LogP contribution < -0.4 is 10.1 Å². The van der Waals surface area contributed by atoms with E-state index in [1.54, 1.807) is 6.92 Å². The van der Waals surface area contributed by atoms with Crippen LogP contribution in [0.2, 0.25) is 0 Å². The van der Waals surface area contributed by atoms with E-state index < -0.39 is 10.0 Å². The number of rotatable bonds is 10. The summed E-state index contributed by atoms with van der Waals surface area (Å²) < 4.78 is 37.9. The molecule has 0 atom stereocenters. The Kier molecular flexibility index (Phi) is 7.60. The van der Waals surface area contributed by atoms with Gasteiger partial charge in [0.2, 0.25) is 15.9 Å². The van der Waals surface area contributed by atoms with E-state index >= 15 is 0 Å². The highest BCUT2D eigenvalue weighted by Gasteiger charge is 2.26. The molecular formula is C22H26N4O5S. The molecule has 0 radical (unpaired) electrons. The number of amides is 1. The summed E-state index contributed by atoms with van der Waals surface area (Å²) in [4.78, 5) is 16.6. The predicted molar refractivity (Wildman–Crippen MR) is 118 cm³/mol. The van der Waals surface area contributed by atoms with Gasteiger partial charge in [-0.1, -0.05) is 35.5 Å². The fourth-order valence-corrected chi connectivity index (χ4v) is 4.43. The minimum Gasteiger partial charge on any atom is -0.495 e. The molecule has 1 amide bonds. The molecule has 10 heteroatoms. The summed E-state index contributed by atoms with van der Waals surface area (Å²) in [5.74, 6) is 0.869. The van der Waals surface area contributed by atoms with Gasteiger partial charge in [-0.25, -0.2) is 8.42 Å². The Bertz CT molecular complexity index is 1160. The Balaban J connectivity index is 1.70. The van der Waals surface area contributed by atoms with Gasteiger partial charge >= 0.3 is 0 Å². The van der Waals surface area contributed by atoms with Gasteiger partial charge in [0.1, 0.15) is 10.6 Å². The molecule has 0 spiro atoms. The zero-order valence-electron chi connectivity index (χ0n) is 18.2. The van der Waals surface area contributed by atoms with Crippen molar-refractivity contribution in [3.63, 3.8) is 0 Å². The van der Waals surface area contributed by atoms with Crippen molar-refractivity contribution in [3.8, 4) is 5.75 Å². The second-order valence-electron chi connectivity index (χ2n) is 7.21. The fraction of sp³-hybridized carbons (Fsp3) is 0.318. The number of ether oxygens (including phenoxy) is 1. The highest BCUT2D eigenvalue weighted by Crippen LogP contribution is 2.28. The van der Waals surface area contributed by atoms with Gasteiger partial charge in [-0.05, 0) is 37.1 Å². The number of carbonyl (C=O) groups is 1. The van der Waals surface area contributed by atoms with Crippen LogP contribution in [0.25, 0.3) is 0 Å². The van der Waals surface area contributed by atoms with Gasteiger partial charge in [0.25, 0.3) is 5.91 Å². The van der Waals surface area contributed by atoms with Crippen molar-refractivity contribution >= 4 is 15.9 Å². The number of benzene rings is 2. The van der Waals surface area contributed by atoms with Crippen molar-refractivity contribution in [2.24, 2.45) is 0 Å². The molecule has 2 aromatic carbocycles. The van der Waals surface area contributed by atoms with Crippen LogP contribution in [-0.2, 0) is 23.0 Å². The van der Waals surface area contributed by atoms with Crippen molar-refractivity contribution in [2.75, 3.05) is 20.7 Å². The maximum Gasteiger partial charge on any atom is 0.251 e. The van der Waals surface area contributed by atoms with Crippen LogP contribution in [0.5, 0.6) is 5.75 Å². The fourth-order valence-electron chi connectivity index (χ4n) is 3.10. The van der Waals surface area contributed by atoms with Crippen molar-refractivity contribution in [2.45, 2.75) is 31.2 Å². The quantitative estimate of drug-likeness (QED) is 0.464.